The number of nitrogens with zero attached hydrogens (tertiary/aromatic N) is 2. The topological polar surface area (TPSA) is 124 Å². The molecule has 1 heterocycles. The van der Waals surface area contributed by atoms with Gasteiger partial charge in [-0.25, -0.2) is 8.42 Å². The predicted molar refractivity (Wildman–Crippen MR) is 102 cm³/mol. The van der Waals surface area contributed by atoms with Crippen molar-refractivity contribution in [1.29, 1.82) is 0 Å². The van der Waals surface area contributed by atoms with Gasteiger partial charge in [-0.15, -0.1) is 0 Å². The summed E-state index contributed by atoms with van der Waals surface area (Å²) in [5.74, 6) is -1.71. The Bertz CT molecular complexity index is 804. The molecule has 28 heavy (non-hydrogen) atoms. The Balaban J connectivity index is 2.04. The number of carbonyl (C=O) groups excluding carboxylic acids is 2. The van der Waals surface area contributed by atoms with Crippen LogP contribution in [0.2, 0.25) is 0 Å². The number of nitrogens with one attached hydrogen (secondary N) is 1. The van der Waals surface area contributed by atoms with Crippen molar-refractivity contribution in [3.05, 3.63) is 35.9 Å². The molecule has 0 spiro atoms. The SMILES string of the molecule is CS(=O)(=O)N1CCN(C(=O)C(CCCC(=O)O)NC(=O)c2ccccc2)CC1. The lowest BCUT2D eigenvalue weighted by Gasteiger charge is -2.35. The summed E-state index contributed by atoms with van der Waals surface area (Å²) < 4.78 is 24.5. The van der Waals surface area contributed by atoms with Crippen molar-refractivity contribution in [3.63, 3.8) is 0 Å². The van der Waals surface area contributed by atoms with Crippen LogP contribution in [0.3, 0.4) is 0 Å². The molecule has 1 fully saturated rings. The zero-order chi connectivity index (χ0) is 20.7. The third kappa shape index (κ3) is 6.31. The molecule has 1 atom stereocenters. The fourth-order valence-electron chi connectivity index (χ4n) is 3.01. The Morgan fingerprint density at radius 2 is 1.71 bits per heavy atom. The van der Waals surface area contributed by atoms with Gasteiger partial charge in [0.25, 0.3) is 5.91 Å². The summed E-state index contributed by atoms with van der Waals surface area (Å²) in [5, 5.41) is 11.5. The third-order valence-corrected chi connectivity index (χ3v) is 5.85. The first-order valence-electron chi connectivity index (χ1n) is 9.00. The summed E-state index contributed by atoms with van der Waals surface area (Å²) in [5.41, 5.74) is 0.403. The van der Waals surface area contributed by atoms with Crippen molar-refractivity contribution in [1.82, 2.24) is 14.5 Å². The normalized spacial score (nSPS) is 16.4. The second-order valence-electron chi connectivity index (χ2n) is 6.67. The molecule has 10 heteroatoms. The van der Waals surface area contributed by atoms with Crippen LogP contribution in [0.5, 0.6) is 0 Å². The van der Waals surface area contributed by atoms with E-state index in [4.69, 9.17) is 5.11 Å². The number of piperazine rings is 1. The van der Waals surface area contributed by atoms with E-state index in [9.17, 15) is 22.8 Å². The van der Waals surface area contributed by atoms with Gasteiger partial charge >= 0.3 is 5.97 Å². The Kier molecular flexibility index (Phi) is 7.53. The minimum atomic E-state index is -3.31. The highest BCUT2D eigenvalue weighted by Crippen LogP contribution is 2.12. The van der Waals surface area contributed by atoms with Gasteiger partial charge in [0, 0.05) is 38.2 Å². The molecule has 1 aliphatic rings. The molecule has 1 aliphatic heterocycles. The van der Waals surface area contributed by atoms with E-state index in [0.717, 1.165) is 6.26 Å². The highest BCUT2D eigenvalue weighted by Gasteiger charge is 2.31. The van der Waals surface area contributed by atoms with Crippen LogP contribution in [0.15, 0.2) is 30.3 Å². The minimum Gasteiger partial charge on any atom is -0.481 e. The maximum absolute atomic E-state index is 12.9. The molecule has 1 aromatic rings. The van der Waals surface area contributed by atoms with Gasteiger partial charge in [0.15, 0.2) is 0 Å². The van der Waals surface area contributed by atoms with Gasteiger partial charge in [0.05, 0.1) is 6.26 Å². The summed E-state index contributed by atoms with van der Waals surface area (Å²) in [6, 6.07) is 7.57. The average Bonchev–Trinajstić information content (AvgIpc) is 2.66. The minimum absolute atomic E-state index is 0.104. The lowest BCUT2D eigenvalue weighted by molar-refractivity contribution is -0.138. The largest absolute Gasteiger partial charge is 0.481 e. The number of carbonyl (C=O) groups is 3. The summed E-state index contributed by atoms with van der Waals surface area (Å²) in [6.45, 7) is 0.836. The molecule has 0 aromatic heterocycles. The quantitative estimate of drug-likeness (QED) is 0.627. The monoisotopic (exact) mass is 411 g/mol. The predicted octanol–water partition coefficient (Wildman–Crippen LogP) is 0.144. The van der Waals surface area contributed by atoms with Crippen molar-refractivity contribution in [2.75, 3.05) is 32.4 Å². The van der Waals surface area contributed by atoms with E-state index in [1.54, 1.807) is 30.3 Å². The van der Waals surface area contributed by atoms with Crippen LogP contribution < -0.4 is 5.32 Å². The number of hydrogen-bond donors (Lipinski definition) is 2. The highest BCUT2D eigenvalue weighted by molar-refractivity contribution is 7.88. The molecular formula is C18H25N3O6S. The van der Waals surface area contributed by atoms with Crippen LogP contribution in [0.1, 0.15) is 29.6 Å². The van der Waals surface area contributed by atoms with E-state index in [1.807, 2.05) is 0 Å². The number of sulfonamides is 1. The Morgan fingerprint density at radius 1 is 1.11 bits per heavy atom. The first-order chi connectivity index (χ1) is 13.2. The number of hydrogen-bond acceptors (Lipinski definition) is 5. The number of benzene rings is 1. The van der Waals surface area contributed by atoms with Gasteiger partial charge in [0.2, 0.25) is 15.9 Å². The number of aliphatic carboxylic acids is 1. The van der Waals surface area contributed by atoms with Crippen molar-refractivity contribution in [3.8, 4) is 0 Å². The summed E-state index contributed by atoms with van der Waals surface area (Å²) in [7, 11) is -3.31. The molecule has 1 unspecified atom stereocenters. The molecule has 1 saturated heterocycles. The summed E-state index contributed by atoms with van der Waals surface area (Å²) >= 11 is 0. The van der Waals surface area contributed by atoms with E-state index >= 15 is 0 Å². The van der Waals surface area contributed by atoms with Crippen LogP contribution in [0, 0.1) is 0 Å². The highest BCUT2D eigenvalue weighted by atomic mass is 32.2. The molecular weight excluding hydrogens is 386 g/mol. The van der Waals surface area contributed by atoms with E-state index in [-0.39, 0.29) is 51.3 Å². The number of carboxylic acid groups (broad SMARTS) is 1. The molecule has 2 N–H and O–H groups in total. The summed E-state index contributed by atoms with van der Waals surface area (Å²) in [6.07, 6.45) is 1.45. The second kappa shape index (κ2) is 9.65. The molecule has 2 rings (SSSR count). The number of carboxylic acids is 1. The smallest absolute Gasteiger partial charge is 0.303 e. The van der Waals surface area contributed by atoms with Gasteiger partial charge < -0.3 is 15.3 Å². The van der Waals surface area contributed by atoms with E-state index in [2.05, 4.69) is 5.32 Å². The fraction of sp³-hybridized carbons (Fsp3) is 0.500. The third-order valence-electron chi connectivity index (χ3n) is 4.54. The number of rotatable bonds is 8. The summed E-state index contributed by atoms with van der Waals surface area (Å²) in [4.78, 5) is 37.6. The zero-order valence-electron chi connectivity index (χ0n) is 15.7. The van der Waals surface area contributed by atoms with Gasteiger partial charge in [-0.1, -0.05) is 18.2 Å². The molecule has 154 valence electrons. The van der Waals surface area contributed by atoms with E-state index in [0.29, 0.717) is 5.56 Å². The first-order valence-corrected chi connectivity index (χ1v) is 10.8. The molecule has 1 aromatic carbocycles. The van der Waals surface area contributed by atoms with Gasteiger partial charge in [-0.05, 0) is 25.0 Å². The van der Waals surface area contributed by atoms with E-state index in [1.165, 1.54) is 9.21 Å². The zero-order valence-corrected chi connectivity index (χ0v) is 16.5. The van der Waals surface area contributed by atoms with Crippen LogP contribution in [0.25, 0.3) is 0 Å². The Labute approximate surface area is 164 Å². The van der Waals surface area contributed by atoms with Crippen molar-refractivity contribution in [2.24, 2.45) is 0 Å². The Morgan fingerprint density at radius 3 is 2.25 bits per heavy atom. The molecule has 0 aliphatic carbocycles. The van der Waals surface area contributed by atoms with Gasteiger partial charge in [-0.3, -0.25) is 14.4 Å². The fourth-order valence-corrected chi connectivity index (χ4v) is 3.83. The van der Waals surface area contributed by atoms with Crippen molar-refractivity contribution < 1.29 is 27.9 Å². The molecule has 0 bridgehead atoms. The van der Waals surface area contributed by atoms with Crippen molar-refractivity contribution >= 4 is 27.8 Å². The molecule has 2 amide bonds. The average molecular weight is 411 g/mol. The number of amides is 2. The molecule has 0 saturated carbocycles. The molecule has 0 radical (unpaired) electrons. The van der Waals surface area contributed by atoms with Crippen LogP contribution in [-0.4, -0.2) is 79.0 Å². The van der Waals surface area contributed by atoms with Gasteiger partial charge in [0.1, 0.15) is 6.04 Å². The maximum Gasteiger partial charge on any atom is 0.303 e. The van der Waals surface area contributed by atoms with E-state index < -0.39 is 27.9 Å². The van der Waals surface area contributed by atoms with Gasteiger partial charge in [-0.2, -0.15) is 4.31 Å². The molecule has 9 nitrogen and oxygen atoms in total. The van der Waals surface area contributed by atoms with Crippen molar-refractivity contribution in [2.45, 2.75) is 25.3 Å². The van der Waals surface area contributed by atoms with Crippen LogP contribution >= 0.6 is 0 Å². The Hall–Kier alpha value is -2.46. The lowest BCUT2D eigenvalue weighted by Crippen LogP contribution is -2.55. The standard InChI is InChI=1S/C18H25N3O6S/c1-28(26,27)21-12-10-20(11-13-21)18(25)15(8-5-9-16(22)23)19-17(24)14-6-3-2-4-7-14/h2-4,6-7,15H,5,8-13H2,1H3,(H,19,24)(H,22,23). The maximum atomic E-state index is 12.9. The first kappa shape index (κ1) is 21.8. The van der Waals surface area contributed by atoms with Crippen LogP contribution in [0.4, 0.5) is 0 Å². The van der Waals surface area contributed by atoms with Crippen LogP contribution in [-0.2, 0) is 19.6 Å². The lowest BCUT2D eigenvalue weighted by atomic mass is 10.1. The second-order valence-corrected chi connectivity index (χ2v) is 8.65.